The Morgan fingerprint density at radius 1 is 1.43 bits per heavy atom. The number of aromatic nitrogens is 1. The van der Waals surface area contributed by atoms with E-state index in [0.29, 0.717) is 0 Å². The lowest BCUT2D eigenvalue weighted by Gasteiger charge is -1.99. The van der Waals surface area contributed by atoms with Crippen molar-refractivity contribution in [2.24, 2.45) is 0 Å². The van der Waals surface area contributed by atoms with Crippen molar-refractivity contribution in [2.75, 3.05) is 0 Å². The second-order valence-corrected chi connectivity index (χ2v) is 3.12. The maximum absolute atomic E-state index is 10.5. The molecule has 2 aromatic rings. The van der Waals surface area contributed by atoms with Crippen LogP contribution >= 0.6 is 0 Å². The van der Waals surface area contributed by atoms with Crippen LogP contribution in [-0.4, -0.2) is 9.91 Å². The first kappa shape index (κ1) is 8.62. The van der Waals surface area contributed by atoms with Gasteiger partial charge < -0.3 is 0 Å². The summed E-state index contributed by atoms with van der Waals surface area (Å²) in [5, 5.41) is 12.3. The minimum atomic E-state index is -0.401. The highest BCUT2D eigenvalue weighted by Gasteiger charge is 2.06. The molecule has 4 nitrogen and oxygen atoms in total. The third-order valence-corrected chi connectivity index (χ3v) is 2.15. The topological polar surface area (TPSA) is 56.0 Å². The van der Waals surface area contributed by atoms with Gasteiger partial charge in [0.25, 0.3) is 5.69 Å². The van der Waals surface area contributed by atoms with E-state index in [1.165, 1.54) is 12.1 Å². The lowest BCUT2D eigenvalue weighted by Crippen LogP contribution is -1.88. The summed E-state index contributed by atoms with van der Waals surface area (Å²) < 4.78 is 0. The lowest BCUT2D eigenvalue weighted by atomic mass is 10.1. The number of rotatable bonds is 1. The average Bonchev–Trinajstić information content (AvgIpc) is 2.17. The van der Waals surface area contributed by atoms with Gasteiger partial charge in [-0.2, -0.15) is 0 Å². The molecule has 0 aliphatic carbocycles. The van der Waals surface area contributed by atoms with E-state index in [-0.39, 0.29) is 7.11 Å². The highest BCUT2D eigenvalue weighted by atomic mass is 16.6. The molecular weight excluding hydrogens is 180 g/mol. The zero-order valence-electron chi connectivity index (χ0n) is 8.60. The Labute approximate surface area is 81.8 Å². The number of aryl methyl sites for hydroxylation is 1. The Balaban J connectivity index is 0.00000112. The van der Waals surface area contributed by atoms with E-state index in [4.69, 9.17) is 0 Å². The van der Waals surface area contributed by atoms with Crippen molar-refractivity contribution in [2.45, 2.75) is 6.92 Å². The van der Waals surface area contributed by atoms with Crippen LogP contribution in [0.25, 0.3) is 10.8 Å². The maximum Gasteiger partial charge on any atom is 1.00 e. The monoisotopic (exact) mass is 189 g/mol. The fraction of sp³-hybridized carbons (Fsp3) is 0.100. The van der Waals surface area contributed by atoms with Gasteiger partial charge in [-0.05, 0) is 23.9 Å². The summed E-state index contributed by atoms with van der Waals surface area (Å²) in [6.07, 6.45) is 3.38. The van der Waals surface area contributed by atoms with Crippen LogP contribution < -0.4 is 0 Å². The molecule has 0 aliphatic heterocycles. The van der Waals surface area contributed by atoms with Crippen molar-refractivity contribution in [3.8, 4) is 0 Å². The Bertz CT molecular complexity index is 514. The smallest absolute Gasteiger partial charge is 0.264 e. The van der Waals surface area contributed by atoms with E-state index >= 15 is 0 Å². The van der Waals surface area contributed by atoms with Crippen LogP contribution in [0.15, 0.2) is 30.6 Å². The summed E-state index contributed by atoms with van der Waals surface area (Å²) in [7, 11) is 0. The number of benzene rings is 1. The lowest BCUT2D eigenvalue weighted by molar-refractivity contribution is -0.384. The number of nitro groups is 1. The van der Waals surface area contributed by atoms with Crippen LogP contribution in [0.4, 0.5) is 5.69 Å². The molecule has 70 valence electrons. The fourth-order valence-electron chi connectivity index (χ4n) is 1.43. The van der Waals surface area contributed by atoms with Gasteiger partial charge in [0, 0.05) is 29.9 Å². The molecule has 0 N–H and O–H groups in total. The zero-order valence-corrected chi connectivity index (χ0v) is 7.60. The first-order valence-corrected chi connectivity index (χ1v) is 4.17. The molecule has 4 heteroatoms. The van der Waals surface area contributed by atoms with Crippen molar-refractivity contribution in [1.82, 2.24) is 4.98 Å². The fourth-order valence-corrected chi connectivity index (χ4v) is 1.43. The summed E-state index contributed by atoms with van der Waals surface area (Å²) in [5.41, 5.74) is 1.13. The van der Waals surface area contributed by atoms with Crippen molar-refractivity contribution in [3.05, 3.63) is 46.3 Å². The number of nitrogens with zero attached hydrogens (tertiary/aromatic N) is 2. The van der Waals surface area contributed by atoms with E-state index in [2.05, 4.69) is 4.98 Å². The first-order valence-electron chi connectivity index (χ1n) is 4.17. The molecular formula is C10H9N2O2+. The summed E-state index contributed by atoms with van der Waals surface area (Å²) in [6, 6.07) is 4.80. The van der Waals surface area contributed by atoms with Crippen LogP contribution in [0.1, 0.15) is 6.99 Å². The first-order chi connectivity index (χ1) is 6.68. The molecule has 0 amide bonds. The van der Waals surface area contributed by atoms with Gasteiger partial charge >= 0.3 is 1.43 Å². The van der Waals surface area contributed by atoms with Gasteiger partial charge in [-0.15, -0.1) is 0 Å². The van der Waals surface area contributed by atoms with Crippen LogP contribution in [0.3, 0.4) is 0 Å². The quantitative estimate of drug-likeness (QED) is 0.511. The molecule has 0 bridgehead atoms. The van der Waals surface area contributed by atoms with Crippen LogP contribution in [0, 0.1) is 17.0 Å². The summed E-state index contributed by atoms with van der Waals surface area (Å²) in [5.74, 6) is 0. The Hall–Kier alpha value is -1.97. The molecule has 0 saturated heterocycles. The van der Waals surface area contributed by atoms with Gasteiger partial charge in [-0.1, -0.05) is 0 Å². The number of pyridine rings is 1. The van der Waals surface area contributed by atoms with Gasteiger partial charge in [0.2, 0.25) is 0 Å². The van der Waals surface area contributed by atoms with Crippen LogP contribution in [0.5, 0.6) is 0 Å². The Morgan fingerprint density at radius 2 is 2.21 bits per heavy atom. The maximum atomic E-state index is 10.5. The molecule has 14 heavy (non-hydrogen) atoms. The van der Waals surface area contributed by atoms with Gasteiger partial charge in [-0.3, -0.25) is 15.1 Å². The minimum Gasteiger partial charge on any atom is -0.264 e. The van der Waals surface area contributed by atoms with E-state index < -0.39 is 4.92 Å². The van der Waals surface area contributed by atoms with Crippen LogP contribution in [-0.2, 0) is 0 Å². The molecule has 0 spiro atoms. The number of hydrogen-bond donors (Lipinski definition) is 0. The molecule has 0 atom stereocenters. The Morgan fingerprint density at radius 3 is 2.93 bits per heavy atom. The molecule has 0 radical (unpaired) electrons. The molecule has 0 fully saturated rings. The minimum absolute atomic E-state index is 0. The number of non-ortho nitro benzene ring substituents is 1. The van der Waals surface area contributed by atoms with Gasteiger partial charge in [0.15, 0.2) is 0 Å². The van der Waals surface area contributed by atoms with Crippen molar-refractivity contribution < 1.29 is 6.35 Å². The highest BCUT2D eigenvalue weighted by Crippen LogP contribution is 2.21. The standard InChI is InChI=1S/C10H8N2O2/c1-7-5-11-6-8-4-9(12(13)14)2-3-10(7)8/h2-6H,1H3/p+1. The molecule has 0 unspecified atom stereocenters. The van der Waals surface area contributed by atoms with Crippen molar-refractivity contribution in [3.63, 3.8) is 0 Å². The van der Waals surface area contributed by atoms with Crippen molar-refractivity contribution >= 4 is 16.5 Å². The number of nitro benzene ring substituents is 1. The number of hydrogen-bond acceptors (Lipinski definition) is 3. The normalized spacial score (nSPS) is 10.4. The Kier molecular flexibility index (Phi) is 1.89. The summed E-state index contributed by atoms with van der Waals surface area (Å²) in [6.45, 7) is 1.93. The second-order valence-electron chi connectivity index (χ2n) is 3.12. The van der Waals surface area contributed by atoms with E-state index in [0.717, 1.165) is 16.3 Å². The third kappa shape index (κ3) is 1.31. The average molecular weight is 189 g/mol. The third-order valence-electron chi connectivity index (χ3n) is 2.15. The van der Waals surface area contributed by atoms with E-state index in [9.17, 15) is 10.1 Å². The summed E-state index contributed by atoms with van der Waals surface area (Å²) >= 11 is 0. The van der Waals surface area contributed by atoms with Gasteiger partial charge in [-0.25, -0.2) is 0 Å². The number of fused-ring (bicyclic) bond motifs is 1. The molecule has 1 heterocycles. The highest BCUT2D eigenvalue weighted by molar-refractivity contribution is 5.86. The van der Waals surface area contributed by atoms with Crippen molar-refractivity contribution in [1.29, 1.82) is 0 Å². The van der Waals surface area contributed by atoms with Gasteiger partial charge in [0.1, 0.15) is 0 Å². The molecule has 0 saturated carbocycles. The molecule has 1 aromatic carbocycles. The van der Waals surface area contributed by atoms with E-state index in [1.807, 2.05) is 6.92 Å². The molecule has 1 aromatic heterocycles. The SMILES string of the molecule is Cc1cncc2cc([N+](=O)[O-])ccc12.[H+]. The predicted molar refractivity (Wildman–Crippen MR) is 54.2 cm³/mol. The van der Waals surface area contributed by atoms with Gasteiger partial charge in [0.05, 0.1) is 4.92 Å². The second kappa shape index (κ2) is 3.06. The molecule has 2 rings (SSSR count). The van der Waals surface area contributed by atoms with Crippen LogP contribution in [0.2, 0.25) is 0 Å². The predicted octanol–water partition coefficient (Wildman–Crippen LogP) is 2.56. The largest absolute Gasteiger partial charge is 1.00 e. The molecule has 0 aliphatic rings. The zero-order chi connectivity index (χ0) is 10.1. The van der Waals surface area contributed by atoms with E-state index in [1.54, 1.807) is 18.5 Å². The summed E-state index contributed by atoms with van der Waals surface area (Å²) in [4.78, 5) is 14.1.